The first-order valence-corrected chi connectivity index (χ1v) is 7.72. The van der Waals surface area contributed by atoms with Crippen LogP contribution in [0, 0.1) is 11.8 Å². The average Bonchev–Trinajstić information content (AvgIpc) is 2.52. The summed E-state index contributed by atoms with van der Waals surface area (Å²) >= 11 is 0. The van der Waals surface area contributed by atoms with E-state index in [1.165, 1.54) is 5.56 Å². The van der Waals surface area contributed by atoms with E-state index in [4.69, 9.17) is 0 Å². The Kier molecular flexibility index (Phi) is 7.35. The predicted molar refractivity (Wildman–Crippen MR) is 87.6 cm³/mol. The summed E-state index contributed by atoms with van der Waals surface area (Å²) in [5.74, 6) is 0.755. The summed E-state index contributed by atoms with van der Waals surface area (Å²) in [7, 11) is 0. The molecule has 5 nitrogen and oxygen atoms in total. The number of urea groups is 1. The van der Waals surface area contributed by atoms with Gasteiger partial charge in [0.1, 0.15) is 0 Å². The number of hydrogen-bond donors (Lipinski definition) is 4. The molecule has 0 aromatic heterocycles. The van der Waals surface area contributed by atoms with Crippen molar-refractivity contribution in [1.82, 2.24) is 10.6 Å². The van der Waals surface area contributed by atoms with Crippen LogP contribution in [0.4, 0.5) is 4.79 Å². The van der Waals surface area contributed by atoms with E-state index in [-0.39, 0.29) is 19.2 Å². The topological polar surface area (TPSA) is 81.6 Å². The molecule has 1 atom stereocenters. The fourth-order valence-electron chi connectivity index (χ4n) is 2.13. The Morgan fingerprint density at radius 1 is 1.18 bits per heavy atom. The number of rotatable bonds is 8. The molecule has 2 amide bonds. The van der Waals surface area contributed by atoms with Crippen molar-refractivity contribution in [2.24, 2.45) is 11.8 Å². The first-order chi connectivity index (χ1) is 10.4. The van der Waals surface area contributed by atoms with Crippen LogP contribution in [-0.4, -0.2) is 41.5 Å². The second-order valence-corrected chi connectivity index (χ2v) is 6.41. The zero-order valence-corrected chi connectivity index (χ0v) is 13.7. The number of nitrogens with one attached hydrogen (secondary N) is 2. The van der Waals surface area contributed by atoms with Crippen LogP contribution in [-0.2, 0) is 6.42 Å². The summed E-state index contributed by atoms with van der Waals surface area (Å²) in [5, 5.41) is 23.8. The van der Waals surface area contributed by atoms with Crippen LogP contribution in [0.15, 0.2) is 30.3 Å². The van der Waals surface area contributed by atoms with Crippen molar-refractivity contribution in [1.29, 1.82) is 0 Å². The summed E-state index contributed by atoms with van der Waals surface area (Å²) in [6.07, 6.45) is 0.899. The Balaban J connectivity index is 2.53. The lowest BCUT2D eigenvalue weighted by molar-refractivity contribution is 0.109. The quantitative estimate of drug-likeness (QED) is 0.588. The minimum Gasteiger partial charge on any atom is -0.394 e. The van der Waals surface area contributed by atoms with Crippen LogP contribution in [0.25, 0.3) is 0 Å². The highest BCUT2D eigenvalue weighted by Gasteiger charge is 2.25. The maximum absolute atomic E-state index is 11.9. The highest BCUT2D eigenvalue weighted by molar-refractivity contribution is 5.74. The van der Waals surface area contributed by atoms with Crippen molar-refractivity contribution in [2.75, 3.05) is 19.8 Å². The zero-order valence-electron chi connectivity index (χ0n) is 13.7. The summed E-state index contributed by atoms with van der Waals surface area (Å²) in [5.41, 5.74) is 0.246. The van der Waals surface area contributed by atoms with Gasteiger partial charge >= 0.3 is 6.03 Å². The monoisotopic (exact) mass is 308 g/mol. The van der Waals surface area contributed by atoms with Gasteiger partial charge in [-0.1, -0.05) is 44.2 Å². The van der Waals surface area contributed by atoms with Gasteiger partial charge < -0.3 is 20.8 Å². The van der Waals surface area contributed by atoms with Crippen molar-refractivity contribution < 1.29 is 15.0 Å². The Labute approximate surface area is 132 Å². The molecule has 0 aliphatic carbocycles. The molecule has 4 N–H and O–H groups in total. The highest BCUT2D eigenvalue weighted by atomic mass is 16.3. The molecule has 5 heteroatoms. The number of benzene rings is 1. The molecule has 0 heterocycles. The summed E-state index contributed by atoms with van der Waals surface area (Å²) in [6, 6.07) is 9.82. The number of amides is 2. The fraction of sp³-hybridized carbons (Fsp3) is 0.588. The fourth-order valence-corrected chi connectivity index (χ4v) is 2.13. The molecule has 22 heavy (non-hydrogen) atoms. The van der Waals surface area contributed by atoms with E-state index in [1.54, 1.807) is 6.92 Å². The summed E-state index contributed by atoms with van der Waals surface area (Å²) in [6.45, 7) is 5.79. The van der Waals surface area contributed by atoms with Gasteiger partial charge in [-0.15, -0.1) is 0 Å². The standard InChI is InChI=1S/C17H28N2O3/c1-13(2)15(9-14-7-5-4-6-8-14)10-18-16(22)19-17(3,11-20)12-21/h4-8,13,15,20-21H,9-12H2,1-3H3,(H2,18,19,22)/t15-/m1/s1. The lowest BCUT2D eigenvalue weighted by atomic mass is 9.89. The van der Waals surface area contributed by atoms with Crippen molar-refractivity contribution in [3.8, 4) is 0 Å². The molecule has 0 bridgehead atoms. The molecule has 124 valence electrons. The molecular weight excluding hydrogens is 280 g/mol. The van der Waals surface area contributed by atoms with Crippen LogP contribution >= 0.6 is 0 Å². The van der Waals surface area contributed by atoms with Crippen molar-refractivity contribution in [3.63, 3.8) is 0 Å². The molecule has 1 aromatic rings. The van der Waals surface area contributed by atoms with E-state index in [2.05, 4.69) is 36.6 Å². The summed E-state index contributed by atoms with van der Waals surface area (Å²) in [4.78, 5) is 11.9. The maximum Gasteiger partial charge on any atom is 0.315 e. The highest BCUT2D eigenvalue weighted by Crippen LogP contribution is 2.16. The average molecular weight is 308 g/mol. The minimum atomic E-state index is -1.00. The number of carbonyl (C=O) groups is 1. The minimum absolute atomic E-state index is 0.311. The first-order valence-electron chi connectivity index (χ1n) is 7.72. The number of aliphatic hydroxyl groups is 2. The van der Waals surface area contributed by atoms with Gasteiger partial charge in [0, 0.05) is 6.54 Å². The normalized spacial score (nSPS) is 13.0. The van der Waals surface area contributed by atoms with Gasteiger partial charge in [0.15, 0.2) is 0 Å². The molecule has 0 spiro atoms. The Morgan fingerprint density at radius 3 is 2.27 bits per heavy atom. The molecule has 0 unspecified atom stereocenters. The second kappa shape index (κ2) is 8.76. The molecular formula is C17H28N2O3. The smallest absolute Gasteiger partial charge is 0.315 e. The maximum atomic E-state index is 11.9. The third-order valence-corrected chi connectivity index (χ3v) is 3.92. The van der Waals surface area contributed by atoms with Gasteiger partial charge in [0.05, 0.1) is 18.8 Å². The van der Waals surface area contributed by atoms with E-state index >= 15 is 0 Å². The van der Waals surface area contributed by atoms with Gasteiger partial charge in [-0.3, -0.25) is 0 Å². The van der Waals surface area contributed by atoms with E-state index in [0.29, 0.717) is 18.4 Å². The SMILES string of the molecule is CC(C)[C@@H](CNC(=O)NC(C)(CO)CO)Cc1ccccc1. The second-order valence-electron chi connectivity index (χ2n) is 6.41. The van der Waals surface area contributed by atoms with Crippen molar-refractivity contribution >= 4 is 6.03 Å². The van der Waals surface area contributed by atoms with Gasteiger partial charge in [0.25, 0.3) is 0 Å². The van der Waals surface area contributed by atoms with E-state index in [1.807, 2.05) is 18.2 Å². The van der Waals surface area contributed by atoms with E-state index in [9.17, 15) is 15.0 Å². The molecule has 1 rings (SSSR count). The lowest BCUT2D eigenvalue weighted by Crippen LogP contribution is -2.55. The molecule has 0 aliphatic heterocycles. The number of hydrogen-bond acceptors (Lipinski definition) is 3. The van der Waals surface area contributed by atoms with Crippen LogP contribution < -0.4 is 10.6 Å². The summed E-state index contributed by atoms with van der Waals surface area (Å²) < 4.78 is 0. The molecule has 0 saturated heterocycles. The Morgan fingerprint density at radius 2 is 1.77 bits per heavy atom. The lowest BCUT2D eigenvalue weighted by Gasteiger charge is -2.27. The van der Waals surface area contributed by atoms with Gasteiger partial charge in [-0.25, -0.2) is 4.79 Å². The van der Waals surface area contributed by atoms with Gasteiger partial charge in [0.2, 0.25) is 0 Å². The molecule has 0 saturated carbocycles. The van der Waals surface area contributed by atoms with E-state index in [0.717, 1.165) is 6.42 Å². The first kappa shape index (κ1) is 18.5. The molecule has 0 aliphatic rings. The third kappa shape index (κ3) is 6.03. The zero-order chi connectivity index (χ0) is 16.6. The molecule has 0 radical (unpaired) electrons. The molecule has 1 aromatic carbocycles. The van der Waals surface area contributed by atoms with Crippen molar-refractivity contribution in [3.05, 3.63) is 35.9 Å². The van der Waals surface area contributed by atoms with Crippen LogP contribution in [0.1, 0.15) is 26.3 Å². The van der Waals surface area contributed by atoms with Crippen LogP contribution in [0.5, 0.6) is 0 Å². The molecule has 0 fully saturated rings. The number of aliphatic hydroxyl groups excluding tert-OH is 2. The van der Waals surface area contributed by atoms with E-state index < -0.39 is 5.54 Å². The Hall–Kier alpha value is -1.59. The largest absolute Gasteiger partial charge is 0.394 e. The Bertz CT molecular complexity index is 444. The third-order valence-electron chi connectivity index (χ3n) is 3.92. The van der Waals surface area contributed by atoms with Gasteiger partial charge in [-0.2, -0.15) is 0 Å². The van der Waals surface area contributed by atoms with Crippen LogP contribution in [0.2, 0.25) is 0 Å². The predicted octanol–water partition coefficient (Wildman–Crippen LogP) is 1.54. The van der Waals surface area contributed by atoms with Crippen LogP contribution in [0.3, 0.4) is 0 Å². The van der Waals surface area contributed by atoms with Gasteiger partial charge in [-0.05, 0) is 30.7 Å². The number of carbonyl (C=O) groups excluding carboxylic acids is 1. The van der Waals surface area contributed by atoms with Crippen molar-refractivity contribution in [2.45, 2.75) is 32.7 Å².